The number of aliphatic hydroxyl groups is 1. The molecular weight excluding hydrogens is 321 g/mol. The second-order valence-corrected chi connectivity index (χ2v) is 7.20. The zero-order chi connectivity index (χ0) is 17.8. The fraction of sp³-hybridized carbons (Fsp3) is 0.632. The van der Waals surface area contributed by atoms with Crippen molar-refractivity contribution in [3.05, 3.63) is 30.1 Å². The largest absolute Gasteiger partial charge is 0.393 e. The van der Waals surface area contributed by atoms with E-state index in [2.05, 4.69) is 9.80 Å². The fourth-order valence-electron chi connectivity index (χ4n) is 3.75. The van der Waals surface area contributed by atoms with Crippen molar-refractivity contribution in [2.24, 2.45) is 5.92 Å². The number of likely N-dealkylation sites (tertiary alicyclic amines) is 1. The molecule has 6 heteroatoms. The molecule has 2 aliphatic rings. The SMILES string of the molecule is CC(O)C1CCN(CC(=O)N2CCN(c3ccc(F)cc3)CC2)CC1. The van der Waals surface area contributed by atoms with Crippen LogP contribution < -0.4 is 4.90 Å². The number of benzene rings is 1. The van der Waals surface area contributed by atoms with Gasteiger partial charge in [-0.15, -0.1) is 0 Å². The van der Waals surface area contributed by atoms with Gasteiger partial charge in [-0.3, -0.25) is 9.69 Å². The number of aliphatic hydroxyl groups excluding tert-OH is 1. The van der Waals surface area contributed by atoms with Gasteiger partial charge in [0.15, 0.2) is 0 Å². The van der Waals surface area contributed by atoms with Gasteiger partial charge in [0.2, 0.25) is 5.91 Å². The lowest BCUT2D eigenvalue weighted by Crippen LogP contribution is -2.52. The molecule has 1 aromatic rings. The van der Waals surface area contributed by atoms with E-state index >= 15 is 0 Å². The minimum atomic E-state index is -0.252. The summed E-state index contributed by atoms with van der Waals surface area (Å²) in [4.78, 5) is 18.9. The number of halogens is 1. The molecule has 0 radical (unpaired) electrons. The first-order valence-electron chi connectivity index (χ1n) is 9.21. The summed E-state index contributed by atoms with van der Waals surface area (Å²) in [5.74, 6) is 0.330. The predicted octanol–water partition coefficient (Wildman–Crippen LogP) is 1.57. The van der Waals surface area contributed by atoms with Crippen LogP contribution in [0.1, 0.15) is 19.8 Å². The molecule has 1 unspecified atom stereocenters. The highest BCUT2D eigenvalue weighted by Gasteiger charge is 2.26. The van der Waals surface area contributed by atoms with Crippen molar-refractivity contribution < 1.29 is 14.3 Å². The molecule has 1 atom stereocenters. The summed E-state index contributed by atoms with van der Waals surface area (Å²) in [5.41, 5.74) is 1.01. The molecular formula is C19H28FN3O2. The molecule has 25 heavy (non-hydrogen) atoms. The van der Waals surface area contributed by atoms with Gasteiger partial charge in [-0.1, -0.05) is 0 Å². The van der Waals surface area contributed by atoms with Gasteiger partial charge in [0, 0.05) is 31.9 Å². The average molecular weight is 349 g/mol. The molecule has 0 aliphatic carbocycles. The third kappa shape index (κ3) is 4.70. The Labute approximate surface area is 149 Å². The topological polar surface area (TPSA) is 47.0 Å². The van der Waals surface area contributed by atoms with E-state index in [-0.39, 0.29) is 17.8 Å². The van der Waals surface area contributed by atoms with Gasteiger partial charge in [0.1, 0.15) is 5.82 Å². The number of hydrogen-bond acceptors (Lipinski definition) is 4. The molecule has 1 amide bonds. The monoisotopic (exact) mass is 349 g/mol. The van der Waals surface area contributed by atoms with Crippen LogP contribution in [-0.4, -0.2) is 72.7 Å². The molecule has 2 saturated heterocycles. The van der Waals surface area contributed by atoms with Crippen molar-refractivity contribution in [2.75, 3.05) is 50.7 Å². The standard InChI is InChI=1S/C19H28FN3O2/c1-15(24)16-6-8-21(9-7-16)14-19(25)23-12-10-22(11-13-23)18-4-2-17(20)3-5-18/h2-5,15-16,24H,6-14H2,1H3. The lowest BCUT2D eigenvalue weighted by molar-refractivity contribution is -0.133. The summed E-state index contributed by atoms with van der Waals surface area (Å²) < 4.78 is 13.0. The van der Waals surface area contributed by atoms with Crippen molar-refractivity contribution in [1.29, 1.82) is 0 Å². The van der Waals surface area contributed by atoms with Crippen molar-refractivity contribution in [2.45, 2.75) is 25.9 Å². The van der Waals surface area contributed by atoms with Gasteiger partial charge < -0.3 is 14.9 Å². The minimum absolute atomic E-state index is 0.189. The summed E-state index contributed by atoms with van der Waals surface area (Å²) in [6.07, 6.45) is 1.67. The molecule has 0 spiro atoms. The van der Waals surface area contributed by atoms with E-state index in [1.807, 2.05) is 11.8 Å². The smallest absolute Gasteiger partial charge is 0.236 e. The Balaban J connectivity index is 1.43. The average Bonchev–Trinajstić information content (AvgIpc) is 2.63. The highest BCUT2D eigenvalue weighted by Crippen LogP contribution is 2.21. The van der Waals surface area contributed by atoms with Crippen LogP contribution in [0.5, 0.6) is 0 Å². The van der Waals surface area contributed by atoms with Crippen LogP contribution in [0.4, 0.5) is 10.1 Å². The molecule has 2 fully saturated rings. The van der Waals surface area contributed by atoms with Crippen molar-refractivity contribution in [1.82, 2.24) is 9.80 Å². The Morgan fingerprint density at radius 2 is 1.72 bits per heavy atom. The molecule has 1 aromatic carbocycles. The van der Waals surface area contributed by atoms with Crippen LogP contribution in [0.25, 0.3) is 0 Å². The Morgan fingerprint density at radius 1 is 1.12 bits per heavy atom. The van der Waals surface area contributed by atoms with E-state index in [1.165, 1.54) is 12.1 Å². The highest BCUT2D eigenvalue weighted by atomic mass is 19.1. The van der Waals surface area contributed by atoms with E-state index in [4.69, 9.17) is 0 Å². The Kier molecular flexibility index (Phi) is 5.91. The normalized spacial score (nSPS) is 21.4. The number of piperazine rings is 1. The first-order valence-corrected chi connectivity index (χ1v) is 9.21. The number of carbonyl (C=O) groups is 1. The van der Waals surface area contributed by atoms with E-state index in [1.54, 1.807) is 12.1 Å². The number of carbonyl (C=O) groups excluding carboxylic acids is 1. The van der Waals surface area contributed by atoms with E-state index in [0.717, 1.165) is 44.7 Å². The highest BCUT2D eigenvalue weighted by molar-refractivity contribution is 5.78. The van der Waals surface area contributed by atoms with Crippen LogP contribution in [0.15, 0.2) is 24.3 Å². The third-order valence-electron chi connectivity index (χ3n) is 5.50. The molecule has 0 bridgehead atoms. The number of anilines is 1. The Bertz CT molecular complexity index is 563. The van der Waals surface area contributed by atoms with Crippen molar-refractivity contribution >= 4 is 11.6 Å². The molecule has 2 aliphatic heterocycles. The summed E-state index contributed by atoms with van der Waals surface area (Å²) in [5, 5.41) is 9.66. The van der Waals surface area contributed by atoms with Gasteiger partial charge in [-0.05, 0) is 63.0 Å². The maximum Gasteiger partial charge on any atom is 0.236 e. The zero-order valence-corrected chi connectivity index (χ0v) is 14.9. The lowest BCUT2D eigenvalue weighted by Gasteiger charge is -2.38. The molecule has 2 heterocycles. The van der Waals surface area contributed by atoms with Gasteiger partial charge in [-0.25, -0.2) is 4.39 Å². The van der Waals surface area contributed by atoms with Crippen LogP contribution >= 0.6 is 0 Å². The van der Waals surface area contributed by atoms with Crippen LogP contribution in [0.2, 0.25) is 0 Å². The number of rotatable bonds is 4. The van der Waals surface area contributed by atoms with Gasteiger partial charge >= 0.3 is 0 Å². The minimum Gasteiger partial charge on any atom is -0.393 e. The molecule has 3 rings (SSSR count). The van der Waals surface area contributed by atoms with Gasteiger partial charge in [0.05, 0.1) is 12.6 Å². The Morgan fingerprint density at radius 3 is 2.28 bits per heavy atom. The second kappa shape index (κ2) is 8.15. The maximum absolute atomic E-state index is 13.0. The predicted molar refractivity (Wildman–Crippen MR) is 96.0 cm³/mol. The lowest BCUT2D eigenvalue weighted by atomic mass is 9.92. The molecule has 0 aromatic heterocycles. The summed E-state index contributed by atoms with van der Waals surface area (Å²) in [6.45, 7) is 7.08. The number of piperidine rings is 1. The number of hydrogen-bond donors (Lipinski definition) is 1. The van der Waals surface area contributed by atoms with Crippen molar-refractivity contribution in [3.8, 4) is 0 Å². The third-order valence-corrected chi connectivity index (χ3v) is 5.50. The quantitative estimate of drug-likeness (QED) is 0.896. The number of amides is 1. The maximum atomic E-state index is 13.0. The Hall–Kier alpha value is -1.66. The van der Waals surface area contributed by atoms with Crippen LogP contribution in [0, 0.1) is 11.7 Å². The van der Waals surface area contributed by atoms with Gasteiger partial charge in [-0.2, -0.15) is 0 Å². The molecule has 138 valence electrons. The molecule has 1 N–H and O–H groups in total. The fourth-order valence-corrected chi connectivity index (χ4v) is 3.75. The second-order valence-electron chi connectivity index (χ2n) is 7.20. The van der Waals surface area contributed by atoms with Crippen LogP contribution in [0.3, 0.4) is 0 Å². The van der Waals surface area contributed by atoms with Gasteiger partial charge in [0.25, 0.3) is 0 Å². The summed E-state index contributed by atoms with van der Waals surface area (Å²) in [7, 11) is 0. The van der Waals surface area contributed by atoms with E-state index in [9.17, 15) is 14.3 Å². The van der Waals surface area contributed by atoms with E-state index < -0.39 is 0 Å². The summed E-state index contributed by atoms with van der Waals surface area (Å²) in [6, 6.07) is 6.53. The number of nitrogens with zero attached hydrogens (tertiary/aromatic N) is 3. The zero-order valence-electron chi connectivity index (χ0n) is 14.9. The first kappa shape index (κ1) is 18.1. The molecule has 0 saturated carbocycles. The van der Waals surface area contributed by atoms with E-state index in [0.29, 0.717) is 25.6 Å². The molecule has 5 nitrogen and oxygen atoms in total. The van der Waals surface area contributed by atoms with Crippen molar-refractivity contribution in [3.63, 3.8) is 0 Å². The first-order chi connectivity index (χ1) is 12.0. The van der Waals surface area contributed by atoms with Crippen LogP contribution in [-0.2, 0) is 4.79 Å². The summed E-state index contributed by atoms with van der Waals surface area (Å²) >= 11 is 0.